The van der Waals surface area contributed by atoms with E-state index in [0.717, 1.165) is 12.8 Å². The van der Waals surface area contributed by atoms with Gasteiger partial charge in [0.15, 0.2) is 0 Å². The topological polar surface area (TPSA) is 52.6 Å². The molecule has 0 spiro atoms. The van der Waals surface area contributed by atoms with E-state index in [1.165, 1.54) is 218 Å². The van der Waals surface area contributed by atoms with Gasteiger partial charge in [0.2, 0.25) is 0 Å². The van der Waals surface area contributed by atoms with E-state index in [4.69, 9.17) is 9.47 Å². The first kappa shape index (κ1) is 52.3. The summed E-state index contributed by atoms with van der Waals surface area (Å²) in [5.74, 6) is 1.76. The summed E-state index contributed by atoms with van der Waals surface area (Å²) >= 11 is 1.66. The van der Waals surface area contributed by atoms with Crippen LogP contribution in [0.5, 0.6) is 0 Å². The molecule has 0 aliphatic rings. The van der Waals surface area contributed by atoms with Crippen molar-refractivity contribution >= 4 is 23.7 Å². The standard InChI is InChI=1S/C48H94O4S/c1-4-7-10-13-16-19-21-22-23-24-25-26-28-31-34-37-42-51-47(49)40-43-53-44-41-48(50)52-45-46(38-35-32-29-18-15-12-9-6-3)39-36-33-30-27-20-17-14-11-8-5-2/h46H,4-45H2,1-3H3. The summed E-state index contributed by atoms with van der Waals surface area (Å²) in [7, 11) is 0. The van der Waals surface area contributed by atoms with Gasteiger partial charge in [-0.25, -0.2) is 0 Å². The summed E-state index contributed by atoms with van der Waals surface area (Å²) in [5, 5.41) is 0. The van der Waals surface area contributed by atoms with E-state index >= 15 is 0 Å². The van der Waals surface area contributed by atoms with Crippen LogP contribution in [0.15, 0.2) is 0 Å². The van der Waals surface area contributed by atoms with Crippen molar-refractivity contribution in [2.75, 3.05) is 24.7 Å². The average molecular weight is 767 g/mol. The van der Waals surface area contributed by atoms with Crippen molar-refractivity contribution in [3.63, 3.8) is 0 Å². The van der Waals surface area contributed by atoms with Crippen LogP contribution in [0.3, 0.4) is 0 Å². The zero-order valence-electron chi connectivity index (χ0n) is 36.3. The average Bonchev–Trinajstić information content (AvgIpc) is 3.16. The Morgan fingerprint density at radius 2 is 0.660 bits per heavy atom. The summed E-state index contributed by atoms with van der Waals surface area (Å²) in [4.78, 5) is 24.7. The second-order valence-electron chi connectivity index (χ2n) is 16.4. The molecule has 0 rings (SSSR count). The molecule has 0 radical (unpaired) electrons. The Hall–Kier alpha value is -0.710. The van der Waals surface area contributed by atoms with Gasteiger partial charge in [0.25, 0.3) is 0 Å². The van der Waals surface area contributed by atoms with Crippen molar-refractivity contribution in [1.29, 1.82) is 0 Å². The van der Waals surface area contributed by atoms with Crippen molar-refractivity contribution in [1.82, 2.24) is 0 Å². The second kappa shape index (κ2) is 45.7. The molecule has 0 aliphatic heterocycles. The van der Waals surface area contributed by atoms with Gasteiger partial charge in [0.1, 0.15) is 0 Å². The van der Waals surface area contributed by atoms with Crippen LogP contribution in [0.2, 0.25) is 0 Å². The molecule has 53 heavy (non-hydrogen) atoms. The molecule has 0 saturated carbocycles. The summed E-state index contributed by atoms with van der Waals surface area (Å²) in [6, 6.07) is 0. The molecule has 0 heterocycles. The molecule has 0 aromatic heterocycles. The quantitative estimate of drug-likeness (QED) is 0.0456. The summed E-state index contributed by atoms with van der Waals surface area (Å²) in [6.07, 6.45) is 49.2. The Morgan fingerprint density at radius 1 is 0.377 bits per heavy atom. The summed E-state index contributed by atoms with van der Waals surface area (Å²) < 4.78 is 11.3. The van der Waals surface area contributed by atoms with Crippen LogP contribution in [0.1, 0.15) is 265 Å². The van der Waals surface area contributed by atoms with Crippen LogP contribution in [0, 0.1) is 5.92 Å². The zero-order chi connectivity index (χ0) is 38.6. The van der Waals surface area contributed by atoms with Gasteiger partial charge in [-0.3, -0.25) is 9.59 Å². The van der Waals surface area contributed by atoms with Gasteiger partial charge in [-0.2, -0.15) is 11.8 Å². The van der Waals surface area contributed by atoms with E-state index in [1.54, 1.807) is 11.8 Å². The van der Waals surface area contributed by atoms with Gasteiger partial charge in [-0.1, -0.05) is 233 Å². The first-order chi connectivity index (χ1) is 26.1. The molecule has 4 nitrogen and oxygen atoms in total. The molecular formula is C48H94O4S. The lowest BCUT2D eigenvalue weighted by atomic mass is 9.94. The van der Waals surface area contributed by atoms with Crippen molar-refractivity contribution in [3.8, 4) is 0 Å². The summed E-state index contributed by atoms with van der Waals surface area (Å²) in [6.45, 7) is 7.99. The number of thioether (sulfide) groups is 1. The Bertz CT molecular complexity index is 728. The third-order valence-corrected chi connectivity index (χ3v) is 12.1. The highest BCUT2D eigenvalue weighted by Gasteiger charge is 2.13. The number of rotatable bonds is 45. The predicted octanol–water partition coefficient (Wildman–Crippen LogP) is 16.3. The zero-order valence-corrected chi connectivity index (χ0v) is 37.1. The van der Waals surface area contributed by atoms with Crippen molar-refractivity contribution < 1.29 is 19.1 Å². The predicted molar refractivity (Wildman–Crippen MR) is 235 cm³/mol. The number of carbonyl (C=O) groups is 2. The molecule has 5 heteroatoms. The SMILES string of the molecule is CCCCCCCCCCCCCCCCCCOC(=O)CCSCCC(=O)OCC(CCCCCCCCCC)CCCCCCCCCCCC. The maximum atomic E-state index is 12.5. The molecule has 0 aromatic rings. The van der Waals surface area contributed by atoms with Gasteiger partial charge >= 0.3 is 11.9 Å². The second-order valence-corrected chi connectivity index (χ2v) is 17.6. The third kappa shape index (κ3) is 43.9. The van der Waals surface area contributed by atoms with E-state index in [9.17, 15) is 9.59 Å². The maximum absolute atomic E-state index is 12.5. The minimum Gasteiger partial charge on any atom is -0.466 e. The normalized spacial score (nSPS) is 12.0. The molecule has 0 aromatic carbocycles. The number of ether oxygens (including phenoxy) is 2. The Kier molecular flexibility index (Phi) is 45.1. The maximum Gasteiger partial charge on any atom is 0.306 e. The smallest absolute Gasteiger partial charge is 0.306 e. The molecule has 0 saturated heterocycles. The first-order valence-electron chi connectivity index (χ1n) is 24.0. The highest BCUT2D eigenvalue weighted by molar-refractivity contribution is 7.99. The lowest BCUT2D eigenvalue weighted by Gasteiger charge is -2.17. The number of unbranched alkanes of at least 4 members (excludes halogenated alkanes) is 31. The molecular weight excluding hydrogens is 673 g/mol. The third-order valence-electron chi connectivity index (χ3n) is 11.1. The van der Waals surface area contributed by atoms with Crippen molar-refractivity contribution in [2.24, 2.45) is 5.92 Å². The van der Waals surface area contributed by atoms with Crippen LogP contribution in [0.25, 0.3) is 0 Å². The molecule has 0 amide bonds. The minimum atomic E-state index is -0.100. The molecule has 0 fully saturated rings. The summed E-state index contributed by atoms with van der Waals surface area (Å²) in [5.41, 5.74) is 0. The monoisotopic (exact) mass is 767 g/mol. The van der Waals surface area contributed by atoms with Crippen molar-refractivity contribution in [3.05, 3.63) is 0 Å². The fourth-order valence-electron chi connectivity index (χ4n) is 7.40. The van der Waals surface area contributed by atoms with Gasteiger partial charge < -0.3 is 9.47 Å². The fraction of sp³-hybridized carbons (Fsp3) is 0.958. The van der Waals surface area contributed by atoms with Gasteiger partial charge in [-0.15, -0.1) is 0 Å². The minimum absolute atomic E-state index is 0.0763. The highest BCUT2D eigenvalue weighted by atomic mass is 32.2. The van der Waals surface area contributed by atoms with Crippen LogP contribution in [-0.2, 0) is 19.1 Å². The molecule has 316 valence electrons. The van der Waals surface area contributed by atoms with E-state index in [1.807, 2.05) is 0 Å². The number of hydrogen-bond acceptors (Lipinski definition) is 5. The number of esters is 2. The van der Waals surface area contributed by atoms with E-state index in [-0.39, 0.29) is 11.9 Å². The van der Waals surface area contributed by atoms with Gasteiger partial charge in [0.05, 0.1) is 26.1 Å². The molecule has 1 unspecified atom stereocenters. The van der Waals surface area contributed by atoms with Gasteiger partial charge in [-0.05, 0) is 25.2 Å². The first-order valence-corrected chi connectivity index (χ1v) is 25.2. The number of carbonyl (C=O) groups excluding carboxylic acids is 2. The molecule has 0 bridgehead atoms. The van der Waals surface area contributed by atoms with Crippen LogP contribution in [-0.4, -0.2) is 36.7 Å². The van der Waals surface area contributed by atoms with E-state index in [0.29, 0.717) is 43.5 Å². The van der Waals surface area contributed by atoms with Crippen molar-refractivity contribution in [2.45, 2.75) is 265 Å². The van der Waals surface area contributed by atoms with Crippen LogP contribution >= 0.6 is 11.8 Å². The lowest BCUT2D eigenvalue weighted by molar-refractivity contribution is -0.145. The van der Waals surface area contributed by atoms with Gasteiger partial charge in [0, 0.05) is 11.5 Å². The fourth-order valence-corrected chi connectivity index (χ4v) is 8.23. The Labute approximate surface area is 337 Å². The number of hydrogen-bond donors (Lipinski definition) is 0. The van der Waals surface area contributed by atoms with E-state index < -0.39 is 0 Å². The Balaban J connectivity index is 3.85. The Morgan fingerprint density at radius 3 is 1.00 bits per heavy atom. The molecule has 0 aliphatic carbocycles. The highest BCUT2D eigenvalue weighted by Crippen LogP contribution is 2.21. The molecule has 1 atom stereocenters. The van der Waals surface area contributed by atoms with Crippen LogP contribution < -0.4 is 0 Å². The van der Waals surface area contributed by atoms with E-state index in [2.05, 4.69) is 20.8 Å². The molecule has 0 N–H and O–H groups in total. The largest absolute Gasteiger partial charge is 0.466 e. The van der Waals surface area contributed by atoms with Crippen LogP contribution in [0.4, 0.5) is 0 Å². The lowest BCUT2D eigenvalue weighted by Crippen LogP contribution is -2.15.